The van der Waals surface area contributed by atoms with Crippen LogP contribution in [0.25, 0.3) is 0 Å². The van der Waals surface area contributed by atoms with E-state index in [2.05, 4.69) is 36.2 Å². The zero-order valence-corrected chi connectivity index (χ0v) is 10.2. The lowest BCUT2D eigenvalue weighted by atomic mass is 9.65. The summed E-state index contributed by atoms with van der Waals surface area (Å²) in [4.78, 5) is 2.47. The van der Waals surface area contributed by atoms with Crippen LogP contribution in [0.5, 0.6) is 0 Å². The molecule has 0 N–H and O–H groups in total. The van der Waals surface area contributed by atoms with Crippen LogP contribution in [0.3, 0.4) is 0 Å². The Hall–Kier alpha value is -0.820. The third kappa shape index (κ3) is 1.58. The molecule has 0 aromatic heterocycles. The largest absolute Gasteiger partial charge is 0.306 e. The van der Waals surface area contributed by atoms with Gasteiger partial charge in [0.05, 0.1) is 0 Å². The number of aryl methyl sites for hydroxylation is 1. The van der Waals surface area contributed by atoms with Crippen molar-refractivity contribution in [3.05, 3.63) is 35.4 Å². The van der Waals surface area contributed by atoms with Gasteiger partial charge in [0.1, 0.15) is 0 Å². The van der Waals surface area contributed by atoms with E-state index in [0.29, 0.717) is 5.41 Å². The molecule has 1 aliphatic carbocycles. The first-order valence-corrected chi connectivity index (χ1v) is 6.57. The van der Waals surface area contributed by atoms with Gasteiger partial charge < -0.3 is 4.90 Å². The molecule has 1 nitrogen and oxygen atoms in total. The number of hydrogen-bond donors (Lipinski definition) is 0. The van der Waals surface area contributed by atoms with Crippen LogP contribution in [-0.4, -0.2) is 25.0 Å². The van der Waals surface area contributed by atoms with Crippen LogP contribution in [0.4, 0.5) is 0 Å². The average molecular weight is 215 g/mol. The fraction of sp³-hybridized carbons (Fsp3) is 0.600. The Morgan fingerprint density at radius 3 is 2.62 bits per heavy atom. The van der Waals surface area contributed by atoms with E-state index in [1.807, 2.05) is 0 Å². The van der Waals surface area contributed by atoms with E-state index in [4.69, 9.17) is 0 Å². The second kappa shape index (κ2) is 3.89. The van der Waals surface area contributed by atoms with E-state index in [-0.39, 0.29) is 0 Å². The number of hydrogen-bond acceptors (Lipinski definition) is 1. The number of nitrogens with zero attached hydrogens (tertiary/aromatic N) is 1. The molecule has 0 saturated carbocycles. The molecule has 2 aliphatic rings. The van der Waals surface area contributed by atoms with Gasteiger partial charge in [-0.3, -0.25) is 0 Å². The SMILES string of the molecule is CN1CCC2(CCCc3ccccc32)CC1. The Balaban J connectivity index is 1.97. The Bertz CT molecular complexity index is 375. The van der Waals surface area contributed by atoms with Crippen LogP contribution in [0.15, 0.2) is 24.3 Å². The number of benzene rings is 1. The van der Waals surface area contributed by atoms with Gasteiger partial charge in [0.2, 0.25) is 0 Å². The van der Waals surface area contributed by atoms with Crippen LogP contribution in [0.2, 0.25) is 0 Å². The van der Waals surface area contributed by atoms with E-state index in [1.165, 1.54) is 45.2 Å². The Labute approximate surface area is 98.5 Å². The van der Waals surface area contributed by atoms with Gasteiger partial charge in [-0.25, -0.2) is 0 Å². The highest BCUT2D eigenvalue weighted by atomic mass is 15.1. The second-order valence-corrected chi connectivity index (χ2v) is 5.59. The fourth-order valence-electron chi connectivity index (χ4n) is 3.57. The molecule has 16 heavy (non-hydrogen) atoms. The molecule has 0 unspecified atom stereocenters. The lowest BCUT2D eigenvalue weighted by molar-refractivity contribution is 0.170. The molecule has 0 atom stereocenters. The number of likely N-dealkylation sites (tertiary alicyclic amines) is 1. The molecule has 3 rings (SSSR count). The zero-order chi connectivity index (χ0) is 11.0. The molecular weight excluding hydrogens is 194 g/mol. The molecule has 0 radical (unpaired) electrons. The standard InChI is InChI=1S/C15H21N/c1-16-11-9-15(10-12-16)8-4-6-13-5-2-3-7-14(13)15/h2-3,5,7H,4,6,8-12H2,1H3. The molecule has 1 aliphatic heterocycles. The summed E-state index contributed by atoms with van der Waals surface area (Å²) in [7, 11) is 2.25. The quantitative estimate of drug-likeness (QED) is 0.643. The van der Waals surface area contributed by atoms with Gasteiger partial charge in [-0.1, -0.05) is 24.3 Å². The van der Waals surface area contributed by atoms with Gasteiger partial charge in [-0.2, -0.15) is 0 Å². The van der Waals surface area contributed by atoms with Gasteiger partial charge in [0, 0.05) is 0 Å². The second-order valence-electron chi connectivity index (χ2n) is 5.59. The smallest absolute Gasteiger partial charge is 0.00133 e. The van der Waals surface area contributed by atoms with Gasteiger partial charge >= 0.3 is 0 Å². The molecule has 1 saturated heterocycles. The normalized spacial score (nSPS) is 24.3. The van der Waals surface area contributed by atoms with Crippen LogP contribution in [-0.2, 0) is 11.8 Å². The molecule has 0 bridgehead atoms. The Morgan fingerprint density at radius 1 is 1.06 bits per heavy atom. The summed E-state index contributed by atoms with van der Waals surface area (Å²) in [5.41, 5.74) is 3.83. The third-order valence-corrected chi connectivity index (χ3v) is 4.63. The minimum absolute atomic E-state index is 0.529. The summed E-state index contributed by atoms with van der Waals surface area (Å²) in [6.45, 7) is 2.54. The fourth-order valence-corrected chi connectivity index (χ4v) is 3.57. The molecule has 1 heterocycles. The van der Waals surface area contributed by atoms with Crippen molar-refractivity contribution in [2.75, 3.05) is 20.1 Å². The molecule has 1 aromatic rings. The van der Waals surface area contributed by atoms with Crippen LogP contribution >= 0.6 is 0 Å². The summed E-state index contributed by atoms with van der Waals surface area (Å²) in [6.07, 6.45) is 6.83. The maximum atomic E-state index is 2.47. The number of rotatable bonds is 0. The van der Waals surface area contributed by atoms with E-state index in [9.17, 15) is 0 Å². The molecule has 1 aromatic carbocycles. The van der Waals surface area contributed by atoms with Crippen molar-refractivity contribution in [2.24, 2.45) is 0 Å². The van der Waals surface area contributed by atoms with Gasteiger partial charge in [0.25, 0.3) is 0 Å². The van der Waals surface area contributed by atoms with Gasteiger partial charge in [-0.05, 0) is 68.8 Å². The van der Waals surface area contributed by atoms with E-state index < -0.39 is 0 Å². The molecule has 1 heteroatoms. The molecular formula is C15H21N. The summed E-state index contributed by atoms with van der Waals surface area (Å²) < 4.78 is 0. The first kappa shape index (κ1) is 10.3. The predicted octanol–water partition coefficient (Wildman–Crippen LogP) is 2.99. The van der Waals surface area contributed by atoms with Crippen molar-refractivity contribution in [1.82, 2.24) is 4.90 Å². The van der Waals surface area contributed by atoms with Crippen LogP contribution in [0, 0.1) is 0 Å². The summed E-state index contributed by atoms with van der Waals surface area (Å²) in [5, 5.41) is 0. The van der Waals surface area contributed by atoms with Crippen molar-refractivity contribution in [2.45, 2.75) is 37.5 Å². The van der Waals surface area contributed by atoms with E-state index in [0.717, 1.165) is 0 Å². The first-order chi connectivity index (χ1) is 7.80. The van der Waals surface area contributed by atoms with Crippen LogP contribution in [0.1, 0.15) is 36.8 Å². The highest BCUT2D eigenvalue weighted by Crippen LogP contribution is 2.44. The van der Waals surface area contributed by atoms with E-state index >= 15 is 0 Å². The minimum Gasteiger partial charge on any atom is -0.306 e. The first-order valence-electron chi connectivity index (χ1n) is 6.57. The highest BCUT2D eigenvalue weighted by Gasteiger charge is 2.38. The molecule has 86 valence electrons. The van der Waals surface area contributed by atoms with Gasteiger partial charge in [0.15, 0.2) is 0 Å². The minimum atomic E-state index is 0.529. The molecule has 1 spiro atoms. The van der Waals surface area contributed by atoms with Crippen molar-refractivity contribution < 1.29 is 0 Å². The molecule has 0 amide bonds. The Kier molecular flexibility index (Phi) is 2.51. The van der Waals surface area contributed by atoms with Crippen molar-refractivity contribution in [3.63, 3.8) is 0 Å². The van der Waals surface area contributed by atoms with Gasteiger partial charge in [-0.15, -0.1) is 0 Å². The summed E-state index contributed by atoms with van der Waals surface area (Å²) in [6, 6.07) is 9.16. The third-order valence-electron chi connectivity index (χ3n) is 4.63. The predicted molar refractivity (Wildman–Crippen MR) is 67.8 cm³/mol. The van der Waals surface area contributed by atoms with Crippen molar-refractivity contribution in [3.8, 4) is 0 Å². The molecule has 1 fully saturated rings. The van der Waals surface area contributed by atoms with E-state index in [1.54, 1.807) is 11.1 Å². The maximum Gasteiger partial charge on any atom is -0.00133 e. The summed E-state index contributed by atoms with van der Waals surface area (Å²) in [5.74, 6) is 0. The monoisotopic (exact) mass is 215 g/mol. The lowest BCUT2D eigenvalue weighted by Crippen LogP contribution is -2.42. The lowest BCUT2D eigenvalue weighted by Gasteiger charge is -2.44. The highest BCUT2D eigenvalue weighted by molar-refractivity contribution is 5.37. The average Bonchev–Trinajstić information content (AvgIpc) is 2.34. The number of piperidine rings is 1. The maximum absolute atomic E-state index is 2.47. The van der Waals surface area contributed by atoms with Crippen LogP contribution < -0.4 is 0 Å². The number of fused-ring (bicyclic) bond motifs is 2. The zero-order valence-electron chi connectivity index (χ0n) is 10.2. The summed E-state index contributed by atoms with van der Waals surface area (Å²) >= 11 is 0. The van der Waals surface area contributed by atoms with Crippen molar-refractivity contribution in [1.29, 1.82) is 0 Å². The topological polar surface area (TPSA) is 3.24 Å². The van der Waals surface area contributed by atoms with Crippen molar-refractivity contribution >= 4 is 0 Å². The Morgan fingerprint density at radius 2 is 1.81 bits per heavy atom.